The van der Waals surface area contributed by atoms with E-state index in [2.05, 4.69) is 40.9 Å². The predicted molar refractivity (Wildman–Crippen MR) is 88.0 cm³/mol. The van der Waals surface area contributed by atoms with Gasteiger partial charge in [0.2, 0.25) is 11.9 Å². The molecular formula is C16H23N5O. The van der Waals surface area contributed by atoms with Crippen LogP contribution in [0.2, 0.25) is 0 Å². The molecular weight excluding hydrogens is 278 g/mol. The first-order chi connectivity index (χ1) is 10.5. The summed E-state index contributed by atoms with van der Waals surface area (Å²) >= 11 is 0. The van der Waals surface area contributed by atoms with Crippen LogP contribution in [-0.2, 0) is 6.42 Å². The first-order valence-electron chi connectivity index (χ1n) is 7.42. The Morgan fingerprint density at radius 2 is 1.91 bits per heavy atom. The van der Waals surface area contributed by atoms with Gasteiger partial charge in [0.25, 0.3) is 0 Å². The van der Waals surface area contributed by atoms with Crippen LogP contribution in [0.1, 0.15) is 19.4 Å². The van der Waals surface area contributed by atoms with E-state index in [-0.39, 0.29) is 5.95 Å². The standard InChI is InChI=1S/C16H23N5O/c1-12(2)10-22-14-6-4-13(5-7-14)8-9-21(3)16-19-11-18-15(17)20-16/h4-7,11-12H,8-10H2,1-3H3,(H2,17,18,19,20). The van der Waals surface area contributed by atoms with Crippen LogP contribution in [-0.4, -0.2) is 35.2 Å². The molecule has 2 rings (SSSR count). The Bertz CT molecular complexity index is 585. The highest BCUT2D eigenvalue weighted by Gasteiger charge is 2.05. The molecule has 6 heteroatoms. The fourth-order valence-electron chi connectivity index (χ4n) is 1.90. The molecule has 0 aliphatic carbocycles. The van der Waals surface area contributed by atoms with Crippen LogP contribution in [0.25, 0.3) is 0 Å². The van der Waals surface area contributed by atoms with Crippen molar-refractivity contribution < 1.29 is 4.74 Å². The van der Waals surface area contributed by atoms with Crippen LogP contribution in [0.4, 0.5) is 11.9 Å². The van der Waals surface area contributed by atoms with Gasteiger partial charge in [-0.1, -0.05) is 26.0 Å². The fourth-order valence-corrected chi connectivity index (χ4v) is 1.90. The van der Waals surface area contributed by atoms with Gasteiger partial charge >= 0.3 is 0 Å². The van der Waals surface area contributed by atoms with Gasteiger partial charge in [0.15, 0.2) is 0 Å². The lowest BCUT2D eigenvalue weighted by atomic mass is 10.1. The molecule has 2 aromatic rings. The molecule has 2 N–H and O–H groups in total. The fraction of sp³-hybridized carbons (Fsp3) is 0.438. The Hall–Kier alpha value is -2.37. The van der Waals surface area contributed by atoms with Crippen LogP contribution in [0.15, 0.2) is 30.6 Å². The van der Waals surface area contributed by atoms with Crippen molar-refractivity contribution in [2.45, 2.75) is 20.3 Å². The van der Waals surface area contributed by atoms with Crippen LogP contribution in [0.3, 0.4) is 0 Å². The summed E-state index contributed by atoms with van der Waals surface area (Å²) in [6.45, 7) is 5.81. The summed E-state index contributed by atoms with van der Waals surface area (Å²) in [4.78, 5) is 14.0. The summed E-state index contributed by atoms with van der Waals surface area (Å²) in [5, 5.41) is 0. The van der Waals surface area contributed by atoms with Crippen LogP contribution >= 0.6 is 0 Å². The van der Waals surface area contributed by atoms with Crippen molar-refractivity contribution in [1.29, 1.82) is 0 Å². The minimum absolute atomic E-state index is 0.239. The molecule has 1 heterocycles. The SMILES string of the molecule is CC(C)COc1ccc(CCN(C)c2ncnc(N)n2)cc1. The third kappa shape index (κ3) is 4.87. The lowest BCUT2D eigenvalue weighted by Crippen LogP contribution is -2.23. The summed E-state index contributed by atoms with van der Waals surface area (Å²) < 4.78 is 5.68. The molecule has 1 aromatic carbocycles. The van der Waals surface area contributed by atoms with Gasteiger partial charge in [-0.15, -0.1) is 0 Å². The Morgan fingerprint density at radius 3 is 2.55 bits per heavy atom. The van der Waals surface area contributed by atoms with Crippen LogP contribution < -0.4 is 15.4 Å². The topological polar surface area (TPSA) is 77.2 Å². The number of ether oxygens (including phenoxy) is 1. The highest BCUT2D eigenvalue weighted by atomic mass is 16.5. The van der Waals surface area contributed by atoms with Crippen molar-refractivity contribution in [2.24, 2.45) is 5.92 Å². The summed E-state index contributed by atoms with van der Waals surface area (Å²) in [6.07, 6.45) is 2.32. The van der Waals surface area contributed by atoms with Crippen molar-refractivity contribution in [3.8, 4) is 5.75 Å². The summed E-state index contributed by atoms with van der Waals surface area (Å²) in [5.74, 6) is 2.27. The number of likely N-dealkylation sites (N-methyl/N-ethyl adjacent to an activating group) is 1. The summed E-state index contributed by atoms with van der Waals surface area (Å²) in [5.41, 5.74) is 6.81. The second-order valence-corrected chi connectivity index (χ2v) is 5.66. The van der Waals surface area contributed by atoms with Gasteiger partial charge in [0.05, 0.1) is 6.61 Å². The third-order valence-corrected chi connectivity index (χ3v) is 3.16. The van der Waals surface area contributed by atoms with Gasteiger partial charge in [0, 0.05) is 13.6 Å². The molecule has 0 radical (unpaired) electrons. The van der Waals surface area contributed by atoms with Crippen molar-refractivity contribution in [2.75, 3.05) is 30.8 Å². The van der Waals surface area contributed by atoms with Crippen molar-refractivity contribution in [3.05, 3.63) is 36.2 Å². The molecule has 0 unspecified atom stereocenters. The van der Waals surface area contributed by atoms with Crippen molar-refractivity contribution in [3.63, 3.8) is 0 Å². The Balaban J connectivity index is 1.86. The maximum Gasteiger partial charge on any atom is 0.229 e. The van der Waals surface area contributed by atoms with E-state index < -0.39 is 0 Å². The van der Waals surface area contributed by atoms with Crippen molar-refractivity contribution in [1.82, 2.24) is 15.0 Å². The highest BCUT2D eigenvalue weighted by Crippen LogP contribution is 2.14. The molecule has 0 aliphatic rings. The van der Waals surface area contributed by atoms with E-state index in [0.717, 1.165) is 25.3 Å². The van der Waals surface area contributed by atoms with Gasteiger partial charge in [-0.3, -0.25) is 0 Å². The number of nitrogens with zero attached hydrogens (tertiary/aromatic N) is 4. The summed E-state index contributed by atoms with van der Waals surface area (Å²) in [7, 11) is 1.94. The van der Waals surface area contributed by atoms with E-state index >= 15 is 0 Å². The highest BCUT2D eigenvalue weighted by molar-refractivity contribution is 5.33. The molecule has 22 heavy (non-hydrogen) atoms. The average Bonchev–Trinajstić information content (AvgIpc) is 2.51. The molecule has 6 nitrogen and oxygen atoms in total. The van der Waals surface area contributed by atoms with Gasteiger partial charge in [-0.2, -0.15) is 4.98 Å². The van der Waals surface area contributed by atoms with E-state index in [9.17, 15) is 0 Å². The van der Waals surface area contributed by atoms with Gasteiger partial charge in [0.1, 0.15) is 12.1 Å². The zero-order valence-corrected chi connectivity index (χ0v) is 13.4. The molecule has 0 saturated carbocycles. The molecule has 0 saturated heterocycles. The maximum absolute atomic E-state index is 5.68. The zero-order chi connectivity index (χ0) is 15.9. The summed E-state index contributed by atoms with van der Waals surface area (Å²) in [6, 6.07) is 8.20. The number of hydrogen-bond donors (Lipinski definition) is 1. The maximum atomic E-state index is 5.68. The molecule has 0 aliphatic heterocycles. The molecule has 0 fully saturated rings. The number of anilines is 2. The molecule has 0 bridgehead atoms. The monoisotopic (exact) mass is 301 g/mol. The number of benzene rings is 1. The number of nitrogen functional groups attached to an aromatic ring is 1. The van der Waals surface area contributed by atoms with E-state index in [0.29, 0.717) is 11.9 Å². The van der Waals surface area contributed by atoms with E-state index in [4.69, 9.17) is 10.5 Å². The normalized spacial score (nSPS) is 10.7. The van der Waals surface area contributed by atoms with E-state index in [1.807, 2.05) is 24.1 Å². The van der Waals surface area contributed by atoms with Crippen LogP contribution in [0.5, 0.6) is 5.75 Å². The molecule has 0 amide bonds. The number of aromatic nitrogens is 3. The quantitative estimate of drug-likeness (QED) is 0.844. The van der Waals surface area contributed by atoms with Gasteiger partial charge < -0.3 is 15.4 Å². The first kappa shape index (κ1) is 16.0. The third-order valence-electron chi connectivity index (χ3n) is 3.16. The zero-order valence-electron chi connectivity index (χ0n) is 13.4. The minimum Gasteiger partial charge on any atom is -0.493 e. The smallest absolute Gasteiger partial charge is 0.229 e. The number of nitrogens with two attached hydrogens (primary N) is 1. The lowest BCUT2D eigenvalue weighted by Gasteiger charge is -2.16. The molecule has 0 spiro atoms. The number of rotatable bonds is 7. The van der Waals surface area contributed by atoms with Crippen molar-refractivity contribution >= 4 is 11.9 Å². The Labute approximate surface area is 131 Å². The largest absolute Gasteiger partial charge is 0.493 e. The predicted octanol–water partition coefficient (Wildman–Crippen LogP) is 2.17. The second-order valence-electron chi connectivity index (χ2n) is 5.66. The van der Waals surface area contributed by atoms with Crippen LogP contribution in [0, 0.1) is 5.92 Å². The molecule has 1 aromatic heterocycles. The lowest BCUT2D eigenvalue weighted by molar-refractivity contribution is 0.271. The number of hydrogen-bond acceptors (Lipinski definition) is 6. The first-order valence-corrected chi connectivity index (χ1v) is 7.42. The van der Waals surface area contributed by atoms with Gasteiger partial charge in [-0.25, -0.2) is 9.97 Å². The molecule has 118 valence electrons. The second kappa shape index (κ2) is 7.59. The van der Waals surface area contributed by atoms with E-state index in [1.165, 1.54) is 11.9 Å². The Morgan fingerprint density at radius 1 is 1.18 bits per heavy atom. The molecule has 0 atom stereocenters. The Kier molecular flexibility index (Phi) is 5.52. The van der Waals surface area contributed by atoms with E-state index in [1.54, 1.807) is 0 Å². The average molecular weight is 301 g/mol. The minimum atomic E-state index is 0.239. The van der Waals surface area contributed by atoms with Gasteiger partial charge in [-0.05, 0) is 30.0 Å².